The first-order valence-corrected chi connectivity index (χ1v) is 16.8. The van der Waals surface area contributed by atoms with Crippen molar-refractivity contribution in [1.82, 2.24) is 0 Å². The standard InChI is InChI=1S/C44H44F6/c1-40(2,3)28-25-35(32-17-12-14-20-37(32)41(4,5)6)39(36(26-28)33-18-13-15-21-38(33)42(7,8)9)34-19-11-10-16-31(34)27-22-29(43(45,46)47)24-30(23-27)44(48,49)50/h10-26H,1-9H3. The maximum absolute atomic E-state index is 14.1. The van der Waals surface area contributed by atoms with Gasteiger partial charge < -0.3 is 0 Å². The Morgan fingerprint density at radius 3 is 1.06 bits per heavy atom. The molecule has 0 saturated heterocycles. The lowest BCUT2D eigenvalue weighted by molar-refractivity contribution is -0.143. The van der Waals surface area contributed by atoms with E-state index in [1.165, 1.54) is 0 Å². The molecule has 0 bridgehead atoms. The molecule has 0 fully saturated rings. The molecular formula is C44H44F6. The van der Waals surface area contributed by atoms with Gasteiger partial charge in [0.15, 0.2) is 0 Å². The van der Waals surface area contributed by atoms with E-state index >= 15 is 0 Å². The molecule has 5 aromatic carbocycles. The number of hydrogen-bond acceptors (Lipinski definition) is 0. The van der Waals surface area contributed by atoms with Gasteiger partial charge >= 0.3 is 12.4 Å². The fraction of sp³-hybridized carbons (Fsp3) is 0.318. The summed E-state index contributed by atoms with van der Waals surface area (Å²) in [5.74, 6) is 0. The van der Waals surface area contributed by atoms with Gasteiger partial charge in [-0.15, -0.1) is 0 Å². The lowest BCUT2D eigenvalue weighted by Crippen LogP contribution is -2.16. The van der Waals surface area contributed by atoms with Crippen molar-refractivity contribution in [3.8, 4) is 44.5 Å². The van der Waals surface area contributed by atoms with E-state index in [4.69, 9.17) is 0 Å². The summed E-state index contributed by atoms with van der Waals surface area (Å²) in [6, 6.07) is 29.2. The molecule has 6 heteroatoms. The molecule has 5 aromatic rings. The molecule has 0 heterocycles. The van der Waals surface area contributed by atoms with Gasteiger partial charge in [-0.2, -0.15) is 26.3 Å². The van der Waals surface area contributed by atoms with Crippen LogP contribution in [0, 0.1) is 0 Å². The Balaban J connectivity index is 2.04. The van der Waals surface area contributed by atoms with E-state index in [1.54, 1.807) is 24.3 Å². The second-order valence-corrected chi connectivity index (χ2v) is 16.1. The number of hydrogen-bond donors (Lipinski definition) is 0. The lowest BCUT2D eigenvalue weighted by Gasteiger charge is -2.30. The summed E-state index contributed by atoms with van der Waals surface area (Å²) in [5, 5.41) is 0. The van der Waals surface area contributed by atoms with Crippen molar-refractivity contribution in [2.75, 3.05) is 0 Å². The zero-order chi connectivity index (χ0) is 37.0. The van der Waals surface area contributed by atoms with Crippen molar-refractivity contribution >= 4 is 0 Å². The third-order valence-electron chi connectivity index (χ3n) is 9.15. The second kappa shape index (κ2) is 12.8. The molecule has 0 aliphatic heterocycles. The highest BCUT2D eigenvalue weighted by Gasteiger charge is 2.37. The predicted molar refractivity (Wildman–Crippen MR) is 194 cm³/mol. The van der Waals surface area contributed by atoms with E-state index in [-0.39, 0.29) is 33.4 Å². The Hall–Kier alpha value is -4.32. The van der Waals surface area contributed by atoms with Crippen LogP contribution in [-0.4, -0.2) is 0 Å². The minimum atomic E-state index is -4.98. The Bertz CT molecular complexity index is 1910. The van der Waals surface area contributed by atoms with Gasteiger partial charge in [0.25, 0.3) is 0 Å². The summed E-state index contributed by atoms with van der Waals surface area (Å²) < 4.78 is 84.9. The zero-order valence-electron chi connectivity index (χ0n) is 30.1. The van der Waals surface area contributed by atoms with Crippen molar-refractivity contribution in [3.05, 3.63) is 131 Å². The number of rotatable bonds is 4. The molecule has 0 radical (unpaired) electrons. The SMILES string of the molecule is CC(C)(C)c1cc(-c2ccccc2C(C)(C)C)c(-c2ccccc2-c2cc(C(F)(F)F)cc(C(F)(F)F)c2)c(-c2ccccc2C(C)(C)C)c1. The molecule has 0 saturated carbocycles. The first-order chi connectivity index (χ1) is 23.0. The molecule has 50 heavy (non-hydrogen) atoms. The van der Waals surface area contributed by atoms with Gasteiger partial charge in [0, 0.05) is 0 Å². The Morgan fingerprint density at radius 2 is 0.700 bits per heavy atom. The van der Waals surface area contributed by atoms with Crippen molar-refractivity contribution in [1.29, 1.82) is 0 Å². The van der Waals surface area contributed by atoms with Gasteiger partial charge in [-0.25, -0.2) is 0 Å². The van der Waals surface area contributed by atoms with Crippen LogP contribution >= 0.6 is 0 Å². The minimum Gasteiger partial charge on any atom is -0.166 e. The van der Waals surface area contributed by atoms with Gasteiger partial charge in [0.05, 0.1) is 11.1 Å². The maximum atomic E-state index is 14.1. The van der Waals surface area contributed by atoms with E-state index in [9.17, 15) is 26.3 Å². The fourth-order valence-electron chi connectivity index (χ4n) is 6.60. The molecule has 0 atom stereocenters. The van der Waals surface area contributed by atoms with Crippen LogP contribution in [0.4, 0.5) is 26.3 Å². The second-order valence-electron chi connectivity index (χ2n) is 16.1. The smallest absolute Gasteiger partial charge is 0.166 e. The molecule has 5 rings (SSSR count). The predicted octanol–water partition coefficient (Wildman–Crippen LogP) is 14.3. The van der Waals surface area contributed by atoms with Crippen LogP contribution in [0.2, 0.25) is 0 Å². The van der Waals surface area contributed by atoms with Gasteiger partial charge in [-0.3, -0.25) is 0 Å². The highest BCUT2D eigenvalue weighted by Crippen LogP contribution is 2.50. The third kappa shape index (κ3) is 7.55. The van der Waals surface area contributed by atoms with E-state index in [2.05, 4.69) is 98.7 Å². The van der Waals surface area contributed by atoms with E-state index in [0.29, 0.717) is 5.56 Å². The van der Waals surface area contributed by atoms with E-state index in [1.807, 2.05) is 24.3 Å². The Kier molecular flexibility index (Phi) is 9.44. The number of alkyl halides is 6. The summed E-state index contributed by atoms with van der Waals surface area (Å²) in [6.07, 6.45) is -9.96. The fourth-order valence-corrected chi connectivity index (χ4v) is 6.60. The van der Waals surface area contributed by atoms with Crippen LogP contribution in [0.3, 0.4) is 0 Å². The minimum absolute atomic E-state index is 0.159. The molecule has 0 aliphatic carbocycles. The van der Waals surface area contributed by atoms with Gasteiger partial charge in [0.1, 0.15) is 0 Å². The number of halogens is 6. The molecule has 0 nitrogen and oxygen atoms in total. The summed E-state index contributed by atoms with van der Waals surface area (Å²) in [6.45, 7) is 19.2. The quantitative estimate of drug-likeness (QED) is 0.165. The molecule has 0 spiro atoms. The summed E-state index contributed by atoms with van der Waals surface area (Å²) in [4.78, 5) is 0. The molecule has 262 valence electrons. The normalized spacial score (nSPS) is 13.1. The molecule has 0 aliphatic rings. The van der Waals surface area contributed by atoms with Crippen molar-refractivity contribution in [2.24, 2.45) is 0 Å². The Labute approximate surface area is 292 Å². The maximum Gasteiger partial charge on any atom is 0.416 e. The van der Waals surface area contributed by atoms with Crippen LogP contribution < -0.4 is 0 Å². The average Bonchev–Trinajstić information content (AvgIpc) is 3.02. The summed E-state index contributed by atoms with van der Waals surface area (Å²) >= 11 is 0. The van der Waals surface area contributed by atoms with E-state index < -0.39 is 23.5 Å². The first-order valence-electron chi connectivity index (χ1n) is 16.8. The van der Waals surface area contributed by atoms with Gasteiger partial charge in [-0.05, 0) is 108 Å². The summed E-state index contributed by atoms with van der Waals surface area (Å²) in [5.41, 5.74) is 4.64. The third-order valence-corrected chi connectivity index (χ3v) is 9.15. The van der Waals surface area contributed by atoms with Crippen molar-refractivity contribution < 1.29 is 26.3 Å². The Morgan fingerprint density at radius 1 is 0.340 bits per heavy atom. The molecule has 0 amide bonds. The van der Waals surface area contributed by atoms with Crippen LogP contribution in [0.5, 0.6) is 0 Å². The van der Waals surface area contributed by atoms with Gasteiger partial charge in [0.2, 0.25) is 0 Å². The summed E-state index contributed by atoms with van der Waals surface area (Å²) in [7, 11) is 0. The van der Waals surface area contributed by atoms with Crippen LogP contribution in [-0.2, 0) is 28.6 Å². The number of benzene rings is 5. The zero-order valence-corrected chi connectivity index (χ0v) is 30.1. The highest BCUT2D eigenvalue weighted by molar-refractivity contribution is 6.01. The first kappa shape index (κ1) is 36.9. The highest BCUT2D eigenvalue weighted by atomic mass is 19.4. The monoisotopic (exact) mass is 686 g/mol. The van der Waals surface area contributed by atoms with Crippen LogP contribution in [0.1, 0.15) is 90.1 Å². The molecule has 0 N–H and O–H groups in total. The lowest BCUT2D eigenvalue weighted by atomic mass is 9.73. The van der Waals surface area contributed by atoms with Crippen LogP contribution in [0.15, 0.2) is 103 Å². The van der Waals surface area contributed by atoms with E-state index in [0.717, 1.165) is 56.6 Å². The van der Waals surface area contributed by atoms with Crippen molar-refractivity contribution in [3.63, 3.8) is 0 Å². The largest absolute Gasteiger partial charge is 0.416 e. The molecule has 0 unspecified atom stereocenters. The average molecular weight is 687 g/mol. The molecular weight excluding hydrogens is 642 g/mol. The van der Waals surface area contributed by atoms with Gasteiger partial charge in [-0.1, -0.05) is 135 Å². The van der Waals surface area contributed by atoms with Crippen LogP contribution in [0.25, 0.3) is 44.5 Å². The topological polar surface area (TPSA) is 0 Å². The van der Waals surface area contributed by atoms with Crippen molar-refractivity contribution in [2.45, 2.75) is 90.9 Å². The molecule has 0 aromatic heterocycles.